The molecule has 0 saturated heterocycles. The quantitative estimate of drug-likeness (QED) is 0.833. The molecule has 0 bridgehead atoms. The summed E-state index contributed by atoms with van der Waals surface area (Å²) >= 11 is 0. The largest absolute Gasteiger partial charge is 0.490 e. The number of nitrogens with one attached hydrogen (secondary N) is 1. The van der Waals surface area contributed by atoms with E-state index in [-0.39, 0.29) is 18.4 Å². The lowest BCUT2D eigenvalue weighted by atomic mass is 10.3. The second kappa shape index (κ2) is 6.25. The van der Waals surface area contributed by atoms with Crippen LogP contribution in [0.2, 0.25) is 0 Å². The van der Waals surface area contributed by atoms with E-state index in [0.717, 1.165) is 12.8 Å². The van der Waals surface area contributed by atoms with Gasteiger partial charge in [-0.25, -0.2) is 8.42 Å². The lowest BCUT2D eigenvalue weighted by Gasteiger charge is -2.14. The number of sulfonamides is 1. The van der Waals surface area contributed by atoms with Crippen LogP contribution in [0.4, 0.5) is 5.69 Å². The molecule has 1 aliphatic carbocycles. The topological polar surface area (TPSA) is 81.4 Å². The SMILES string of the molecule is NCCS(=O)(=O)Nc1cccc(OC2CCCC2)c1. The van der Waals surface area contributed by atoms with E-state index in [4.69, 9.17) is 10.5 Å². The average molecular weight is 284 g/mol. The molecule has 2 rings (SSSR count). The van der Waals surface area contributed by atoms with Gasteiger partial charge in [0.2, 0.25) is 10.0 Å². The van der Waals surface area contributed by atoms with Gasteiger partial charge in [-0.05, 0) is 37.8 Å². The Balaban J connectivity index is 2.02. The highest BCUT2D eigenvalue weighted by Gasteiger charge is 2.16. The smallest absolute Gasteiger partial charge is 0.233 e. The molecule has 0 amide bonds. The van der Waals surface area contributed by atoms with Gasteiger partial charge in [-0.15, -0.1) is 0 Å². The zero-order valence-electron chi connectivity index (χ0n) is 10.8. The molecule has 106 valence electrons. The van der Waals surface area contributed by atoms with Crippen molar-refractivity contribution in [2.75, 3.05) is 17.0 Å². The number of benzene rings is 1. The molecule has 19 heavy (non-hydrogen) atoms. The molecule has 1 aliphatic rings. The Labute approximate surface area is 114 Å². The first-order valence-corrected chi connectivity index (χ1v) is 8.21. The highest BCUT2D eigenvalue weighted by Crippen LogP contribution is 2.26. The molecule has 1 aromatic carbocycles. The number of nitrogens with two attached hydrogens (primary N) is 1. The van der Waals surface area contributed by atoms with E-state index >= 15 is 0 Å². The standard InChI is InChI=1S/C13H20N2O3S/c14-8-9-19(16,17)15-11-4-3-7-13(10-11)18-12-5-1-2-6-12/h3-4,7,10,12,15H,1-2,5-6,8-9,14H2. The first kappa shape index (κ1) is 14.1. The summed E-state index contributed by atoms with van der Waals surface area (Å²) in [5, 5.41) is 0. The molecule has 0 radical (unpaired) electrons. The van der Waals surface area contributed by atoms with Crippen LogP contribution in [0.5, 0.6) is 5.75 Å². The van der Waals surface area contributed by atoms with E-state index < -0.39 is 10.0 Å². The third-order valence-electron chi connectivity index (χ3n) is 3.10. The lowest BCUT2D eigenvalue weighted by Crippen LogP contribution is -2.22. The molecular weight excluding hydrogens is 264 g/mol. The van der Waals surface area contributed by atoms with Crippen molar-refractivity contribution in [3.63, 3.8) is 0 Å². The molecular formula is C13H20N2O3S. The minimum atomic E-state index is -3.36. The van der Waals surface area contributed by atoms with Gasteiger partial charge in [-0.1, -0.05) is 6.07 Å². The Bertz CT molecular complexity index is 510. The molecule has 0 unspecified atom stereocenters. The second-order valence-corrected chi connectivity index (χ2v) is 6.60. The van der Waals surface area contributed by atoms with Gasteiger partial charge < -0.3 is 10.5 Å². The van der Waals surface area contributed by atoms with E-state index in [1.54, 1.807) is 18.2 Å². The van der Waals surface area contributed by atoms with Crippen molar-refractivity contribution in [3.05, 3.63) is 24.3 Å². The summed E-state index contributed by atoms with van der Waals surface area (Å²) in [4.78, 5) is 0. The molecule has 1 fully saturated rings. The van der Waals surface area contributed by atoms with Crippen LogP contribution in [-0.4, -0.2) is 26.8 Å². The number of anilines is 1. The second-order valence-electron chi connectivity index (χ2n) is 4.76. The molecule has 1 saturated carbocycles. The third kappa shape index (κ3) is 4.40. The van der Waals surface area contributed by atoms with Crippen molar-refractivity contribution in [1.82, 2.24) is 0 Å². The summed E-state index contributed by atoms with van der Waals surface area (Å²) in [5.74, 6) is 0.626. The van der Waals surface area contributed by atoms with Crippen LogP contribution in [0.15, 0.2) is 24.3 Å². The summed E-state index contributed by atoms with van der Waals surface area (Å²) in [5.41, 5.74) is 5.78. The van der Waals surface area contributed by atoms with E-state index in [1.807, 2.05) is 6.07 Å². The molecule has 5 nitrogen and oxygen atoms in total. The maximum absolute atomic E-state index is 11.6. The normalized spacial score (nSPS) is 16.5. The van der Waals surface area contributed by atoms with Crippen molar-refractivity contribution in [3.8, 4) is 5.75 Å². The van der Waals surface area contributed by atoms with E-state index in [0.29, 0.717) is 11.4 Å². The predicted octanol–water partition coefficient (Wildman–Crippen LogP) is 1.71. The van der Waals surface area contributed by atoms with Crippen LogP contribution in [0.25, 0.3) is 0 Å². The average Bonchev–Trinajstić information content (AvgIpc) is 2.81. The molecule has 0 aromatic heterocycles. The number of rotatable bonds is 6. The Kier molecular flexibility index (Phi) is 4.66. The fraction of sp³-hybridized carbons (Fsp3) is 0.538. The van der Waals surface area contributed by atoms with Crippen molar-refractivity contribution in [2.24, 2.45) is 5.73 Å². The maximum atomic E-state index is 11.6. The minimum absolute atomic E-state index is 0.0826. The summed E-state index contributed by atoms with van der Waals surface area (Å²) in [6.07, 6.45) is 4.81. The van der Waals surface area contributed by atoms with Crippen LogP contribution < -0.4 is 15.2 Å². The van der Waals surface area contributed by atoms with Gasteiger partial charge in [0.05, 0.1) is 17.5 Å². The lowest BCUT2D eigenvalue weighted by molar-refractivity contribution is 0.210. The van der Waals surface area contributed by atoms with Gasteiger partial charge in [0.1, 0.15) is 5.75 Å². The number of hydrogen-bond donors (Lipinski definition) is 2. The number of hydrogen-bond acceptors (Lipinski definition) is 4. The van der Waals surface area contributed by atoms with E-state index in [9.17, 15) is 8.42 Å². The molecule has 6 heteroatoms. The van der Waals surface area contributed by atoms with Gasteiger partial charge in [0.25, 0.3) is 0 Å². The Morgan fingerprint density at radius 1 is 1.32 bits per heavy atom. The van der Waals surface area contributed by atoms with Crippen molar-refractivity contribution >= 4 is 15.7 Å². The zero-order valence-corrected chi connectivity index (χ0v) is 11.7. The maximum Gasteiger partial charge on any atom is 0.233 e. The Hall–Kier alpha value is -1.27. The highest BCUT2D eigenvalue weighted by molar-refractivity contribution is 7.92. The monoisotopic (exact) mass is 284 g/mol. The fourth-order valence-corrected chi connectivity index (χ4v) is 3.12. The van der Waals surface area contributed by atoms with Crippen molar-refractivity contribution in [2.45, 2.75) is 31.8 Å². The Morgan fingerprint density at radius 3 is 2.74 bits per heavy atom. The molecule has 0 aliphatic heterocycles. The van der Waals surface area contributed by atoms with E-state index in [1.165, 1.54) is 12.8 Å². The molecule has 0 heterocycles. The van der Waals surface area contributed by atoms with Crippen LogP contribution in [0.1, 0.15) is 25.7 Å². The molecule has 0 spiro atoms. The van der Waals surface area contributed by atoms with Gasteiger partial charge in [0, 0.05) is 12.6 Å². The van der Waals surface area contributed by atoms with Gasteiger partial charge in [-0.3, -0.25) is 4.72 Å². The fourth-order valence-electron chi connectivity index (χ4n) is 2.22. The van der Waals surface area contributed by atoms with Crippen molar-refractivity contribution in [1.29, 1.82) is 0 Å². The minimum Gasteiger partial charge on any atom is -0.490 e. The van der Waals surface area contributed by atoms with Gasteiger partial charge in [-0.2, -0.15) is 0 Å². The third-order valence-corrected chi connectivity index (χ3v) is 4.42. The van der Waals surface area contributed by atoms with Gasteiger partial charge >= 0.3 is 0 Å². The van der Waals surface area contributed by atoms with Gasteiger partial charge in [0.15, 0.2) is 0 Å². The molecule has 1 aromatic rings. The van der Waals surface area contributed by atoms with Crippen LogP contribution in [0.3, 0.4) is 0 Å². The van der Waals surface area contributed by atoms with E-state index in [2.05, 4.69) is 4.72 Å². The summed E-state index contributed by atoms with van der Waals surface area (Å²) in [7, 11) is -3.36. The highest BCUT2D eigenvalue weighted by atomic mass is 32.2. The number of ether oxygens (including phenoxy) is 1. The van der Waals surface area contributed by atoms with Crippen molar-refractivity contribution < 1.29 is 13.2 Å². The molecule has 0 atom stereocenters. The Morgan fingerprint density at radius 2 is 2.05 bits per heavy atom. The first-order valence-electron chi connectivity index (χ1n) is 6.56. The first-order chi connectivity index (χ1) is 9.09. The predicted molar refractivity (Wildman–Crippen MR) is 75.8 cm³/mol. The summed E-state index contributed by atoms with van der Waals surface area (Å²) < 4.78 is 31.6. The summed E-state index contributed by atoms with van der Waals surface area (Å²) in [6, 6.07) is 7.05. The van der Waals surface area contributed by atoms with Crippen LogP contribution in [0, 0.1) is 0 Å². The van der Waals surface area contributed by atoms with Crippen LogP contribution >= 0.6 is 0 Å². The van der Waals surface area contributed by atoms with Crippen LogP contribution in [-0.2, 0) is 10.0 Å². The summed E-state index contributed by atoms with van der Waals surface area (Å²) in [6.45, 7) is 0.105. The zero-order chi connectivity index (χ0) is 13.7. The molecule has 3 N–H and O–H groups in total.